The highest BCUT2D eigenvalue weighted by Gasteiger charge is 2.25. The second-order valence-corrected chi connectivity index (χ2v) is 7.68. The molecule has 0 unspecified atom stereocenters. The first-order valence-corrected chi connectivity index (χ1v) is 8.97. The van der Waals surface area contributed by atoms with Gasteiger partial charge in [-0.25, -0.2) is 9.97 Å². The van der Waals surface area contributed by atoms with Gasteiger partial charge >= 0.3 is 0 Å². The molecule has 0 bridgehead atoms. The summed E-state index contributed by atoms with van der Waals surface area (Å²) >= 11 is 1.63. The highest BCUT2D eigenvalue weighted by Crippen LogP contribution is 2.39. The molecule has 2 aromatic heterocycles. The van der Waals surface area contributed by atoms with E-state index in [1.165, 1.54) is 12.8 Å². The van der Waals surface area contributed by atoms with E-state index >= 15 is 0 Å². The Bertz CT molecular complexity index is 750. The average molecular weight is 318 g/mol. The van der Waals surface area contributed by atoms with Crippen LogP contribution < -0.4 is 5.32 Å². The summed E-state index contributed by atoms with van der Waals surface area (Å²) in [5, 5.41) is 4.53. The maximum absolute atomic E-state index is 8.34. The number of fused-ring (bicyclic) bond motifs is 3. The summed E-state index contributed by atoms with van der Waals surface area (Å²) in [6.45, 7) is 0. The summed E-state index contributed by atoms with van der Waals surface area (Å²) in [4.78, 5) is 13.3. The standard InChI is InChI=1S/C17H24N4S/c1-21(2)12-8-6-11(7-9-12)20-16-15-13-4-3-5-14(13)22-17(15)19-10-18-16/h10-12H,3-9H2,1-2H3,(H,18,19,20)/t11-,12-/i4D2. The number of anilines is 1. The number of aromatic nitrogens is 2. The number of aryl methyl sites for hydroxylation is 2. The lowest BCUT2D eigenvalue weighted by molar-refractivity contribution is 0.221. The van der Waals surface area contributed by atoms with Gasteiger partial charge in [-0.1, -0.05) is 0 Å². The molecule has 1 N–H and O–H groups in total. The quantitative estimate of drug-likeness (QED) is 0.941. The molecule has 2 aromatic rings. The Morgan fingerprint density at radius 3 is 2.86 bits per heavy atom. The van der Waals surface area contributed by atoms with E-state index < -0.39 is 6.37 Å². The van der Waals surface area contributed by atoms with Crippen LogP contribution >= 0.6 is 11.3 Å². The number of nitrogens with zero attached hydrogens (tertiary/aromatic N) is 3. The Labute approximate surface area is 138 Å². The SMILES string of the molecule is [2H]C1([2H])CCc2sc3ncnc(N[C@H]4CC[C@H](N(C)C)CC4)c3c21. The number of nitrogens with one attached hydrogen (secondary N) is 1. The van der Waals surface area contributed by atoms with Gasteiger partial charge in [0.1, 0.15) is 17.0 Å². The van der Waals surface area contributed by atoms with Gasteiger partial charge in [-0.3, -0.25) is 0 Å². The van der Waals surface area contributed by atoms with E-state index in [2.05, 4.69) is 34.3 Å². The van der Waals surface area contributed by atoms with Crippen LogP contribution in [0.1, 0.15) is 45.3 Å². The van der Waals surface area contributed by atoms with E-state index in [1.54, 1.807) is 17.7 Å². The van der Waals surface area contributed by atoms with Crippen molar-refractivity contribution in [2.24, 2.45) is 0 Å². The van der Waals surface area contributed by atoms with Crippen LogP contribution in [-0.4, -0.2) is 41.0 Å². The molecule has 2 aliphatic carbocycles. The van der Waals surface area contributed by atoms with Crippen LogP contribution in [0, 0.1) is 0 Å². The summed E-state index contributed by atoms with van der Waals surface area (Å²) < 4.78 is 16.7. The van der Waals surface area contributed by atoms with E-state index in [4.69, 9.17) is 2.74 Å². The fourth-order valence-electron chi connectivity index (χ4n) is 3.68. The van der Waals surface area contributed by atoms with Crippen molar-refractivity contribution >= 4 is 27.4 Å². The first kappa shape index (κ1) is 12.3. The number of rotatable bonds is 3. The summed E-state index contributed by atoms with van der Waals surface area (Å²) in [7, 11) is 4.31. The van der Waals surface area contributed by atoms with Crippen LogP contribution in [0.4, 0.5) is 5.82 Å². The topological polar surface area (TPSA) is 41.1 Å². The van der Waals surface area contributed by atoms with Gasteiger partial charge in [0, 0.05) is 19.7 Å². The third-order valence-corrected chi connectivity index (χ3v) is 6.14. The summed E-state index contributed by atoms with van der Waals surface area (Å²) in [5.74, 6) is 0.830. The second-order valence-electron chi connectivity index (χ2n) is 6.59. The van der Waals surface area contributed by atoms with Gasteiger partial charge in [-0.05, 0) is 64.6 Å². The Morgan fingerprint density at radius 2 is 2.09 bits per heavy atom. The molecule has 0 amide bonds. The Hall–Kier alpha value is -1.20. The third-order valence-electron chi connectivity index (χ3n) is 4.98. The molecule has 22 heavy (non-hydrogen) atoms. The Balaban J connectivity index is 1.62. The predicted octanol–water partition coefficient (Wildman–Crippen LogP) is 3.46. The first-order valence-electron chi connectivity index (χ1n) is 9.15. The predicted molar refractivity (Wildman–Crippen MR) is 92.8 cm³/mol. The van der Waals surface area contributed by atoms with Crippen molar-refractivity contribution in [1.82, 2.24) is 14.9 Å². The minimum atomic E-state index is -1.25. The molecule has 0 aromatic carbocycles. The van der Waals surface area contributed by atoms with E-state index in [1.807, 2.05) is 0 Å². The maximum Gasteiger partial charge on any atom is 0.138 e. The van der Waals surface area contributed by atoms with Crippen molar-refractivity contribution in [3.63, 3.8) is 0 Å². The fourth-order valence-corrected chi connectivity index (χ4v) is 4.80. The molecule has 1 saturated carbocycles. The smallest absolute Gasteiger partial charge is 0.138 e. The molecule has 1 fully saturated rings. The monoisotopic (exact) mass is 318 g/mol. The van der Waals surface area contributed by atoms with Crippen LogP contribution in [-0.2, 0) is 12.8 Å². The molecular weight excluding hydrogens is 292 g/mol. The number of hydrogen-bond acceptors (Lipinski definition) is 5. The fraction of sp³-hybridized carbons (Fsp3) is 0.647. The minimum absolute atomic E-state index is 0.419. The zero-order valence-electron chi connectivity index (χ0n) is 15.2. The molecule has 5 heteroatoms. The van der Waals surface area contributed by atoms with Gasteiger partial charge in [-0.15, -0.1) is 11.3 Å². The van der Waals surface area contributed by atoms with Crippen molar-refractivity contribution in [3.05, 3.63) is 16.8 Å². The normalized spacial score (nSPS) is 28.5. The third kappa shape index (κ3) is 2.50. The molecule has 118 valence electrons. The minimum Gasteiger partial charge on any atom is -0.367 e. The largest absolute Gasteiger partial charge is 0.367 e. The van der Waals surface area contributed by atoms with E-state index in [0.717, 1.165) is 45.7 Å². The van der Waals surface area contributed by atoms with Gasteiger partial charge in [0.25, 0.3) is 0 Å². The van der Waals surface area contributed by atoms with Crippen LogP contribution in [0.5, 0.6) is 0 Å². The van der Waals surface area contributed by atoms with Gasteiger partial charge in [0.05, 0.1) is 5.39 Å². The van der Waals surface area contributed by atoms with Crippen LogP contribution in [0.2, 0.25) is 0 Å². The summed E-state index contributed by atoms with van der Waals surface area (Å²) in [6.07, 6.45) is 6.40. The molecule has 0 saturated heterocycles. The number of hydrogen-bond donors (Lipinski definition) is 1. The van der Waals surface area contributed by atoms with E-state index in [0.29, 0.717) is 18.5 Å². The van der Waals surface area contributed by atoms with Crippen molar-refractivity contribution in [2.45, 2.75) is 57.0 Å². The van der Waals surface area contributed by atoms with Crippen LogP contribution in [0.25, 0.3) is 10.2 Å². The maximum atomic E-state index is 8.34. The molecule has 2 aliphatic rings. The van der Waals surface area contributed by atoms with Crippen molar-refractivity contribution in [2.75, 3.05) is 19.4 Å². The molecular formula is C17H24N4S. The lowest BCUT2D eigenvalue weighted by atomic mass is 9.90. The van der Waals surface area contributed by atoms with E-state index in [-0.39, 0.29) is 0 Å². The lowest BCUT2D eigenvalue weighted by Crippen LogP contribution is -2.36. The van der Waals surface area contributed by atoms with Crippen LogP contribution in [0.3, 0.4) is 0 Å². The highest BCUT2D eigenvalue weighted by molar-refractivity contribution is 7.19. The highest BCUT2D eigenvalue weighted by atomic mass is 32.1. The molecule has 0 spiro atoms. The van der Waals surface area contributed by atoms with Crippen LogP contribution in [0.15, 0.2) is 6.33 Å². The molecule has 2 heterocycles. The molecule has 0 aliphatic heterocycles. The van der Waals surface area contributed by atoms with Gasteiger partial charge in [-0.2, -0.15) is 0 Å². The summed E-state index contributed by atoms with van der Waals surface area (Å²) in [6, 6.07) is 1.09. The van der Waals surface area contributed by atoms with Crippen molar-refractivity contribution in [3.8, 4) is 0 Å². The Kier molecular flexibility index (Phi) is 3.22. The van der Waals surface area contributed by atoms with Crippen molar-refractivity contribution in [1.29, 1.82) is 0 Å². The Morgan fingerprint density at radius 1 is 1.27 bits per heavy atom. The zero-order chi connectivity index (χ0) is 16.9. The van der Waals surface area contributed by atoms with Gasteiger partial charge in [0.15, 0.2) is 0 Å². The molecule has 0 radical (unpaired) electrons. The van der Waals surface area contributed by atoms with E-state index in [9.17, 15) is 0 Å². The van der Waals surface area contributed by atoms with Crippen molar-refractivity contribution < 1.29 is 2.74 Å². The van der Waals surface area contributed by atoms with Gasteiger partial charge < -0.3 is 10.2 Å². The number of thiophene rings is 1. The first-order chi connectivity index (χ1) is 11.5. The average Bonchev–Trinajstić information content (AvgIpc) is 3.06. The lowest BCUT2D eigenvalue weighted by Gasteiger charge is -2.33. The second kappa shape index (κ2) is 5.78. The zero-order valence-corrected chi connectivity index (χ0v) is 14.0. The summed E-state index contributed by atoms with van der Waals surface area (Å²) in [5.41, 5.74) is 0.840. The molecule has 4 rings (SSSR count). The van der Waals surface area contributed by atoms with Gasteiger partial charge in [0.2, 0.25) is 0 Å². The molecule has 0 atom stereocenters. The molecule has 4 nitrogen and oxygen atoms in total.